The molecule has 2 aromatic carbocycles. The number of nitrogens with zero attached hydrogens (tertiary/aromatic N) is 1. The fourth-order valence-electron chi connectivity index (χ4n) is 1.63. The van der Waals surface area contributed by atoms with Gasteiger partial charge in [0.1, 0.15) is 0 Å². The maximum Gasteiger partial charge on any atom is 0.216 e. The molecule has 0 aliphatic carbocycles. The molecule has 0 saturated heterocycles. The summed E-state index contributed by atoms with van der Waals surface area (Å²) in [5.41, 5.74) is 3.84. The maximum absolute atomic E-state index is 11.9. The van der Waals surface area contributed by atoms with E-state index in [9.17, 15) is 5.21 Å². The number of rotatable bonds is 2. The van der Waals surface area contributed by atoms with Gasteiger partial charge in [0.25, 0.3) is 0 Å². The highest BCUT2D eigenvalue weighted by molar-refractivity contribution is 5.76. The molecule has 0 N–H and O–H groups in total. The molecule has 0 aliphatic rings. The molecule has 0 aliphatic heterocycles. The lowest BCUT2D eigenvalue weighted by Crippen LogP contribution is -1.98. The van der Waals surface area contributed by atoms with Crippen molar-refractivity contribution < 1.29 is 4.74 Å². The molecule has 2 rings (SSSR count). The second-order valence-electron chi connectivity index (χ2n) is 4.20. The zero-order valence-corrected chi connectivity index (χ0v) is 10.1. The molecule has 0 unspecified atom stereocenters. The normalized spacial score (nSPS) is 11.5. The summed E-state index contributed by atoms with van der Waals surface area (Å²) in [4.78, 5) is 0. The Morgan fingerprint density at radius 2 is 1.65 bits per heavy atom. The van der Waals surface area contributed by atoms with Crippen LogP contribution in [0.5, 0.6) is 0 Å². The van der Waals surface area contributed by atoms with Gasteiger partial charge < -0.3 is 5.21 Å². The highest BCUT2D eigenvalue weighted by Gasteiger charge is 2.01. The van der Waals surface area contributed by atoms with Crippen LogP contribution in [0.1, 0.15) is 16.7 Å². The van der Waals surface area contributed by atoms with Crippen LogP contribution in [-0.4, -0.2) is 11.0 Å². The topological polar surface area (TPSA) is 26.1 Å². The molecule has 86 valence electrons. The van der Waals surface area contributed by atoms with Crippen LogP contribution in [0.4, 0.5) is 5.69 Å². The van der Waals surface area contributed by atoms with Crippen molar-refractivity contribution in [1.82, 2.24) is 0 Å². The molecule has 0 saturated carbocycles. The number of hydrogen-bond acceptors (Lipinski definition) is 1. The summed E-state index contributed by atoms with van der Waals surface area (Å²) in [6, 6.07) is 15.4. The number of hydrogen-bond donors (Lipinski definition) is 0. The molecule has 0 spiro atoms. The van der Waals surface area contributed by atoms with Crippen LogP contribution >= 0.6 is 0 Å². The van der Waals surface area contributed by atoms with Crippen molar-refractivity contribution in [2.24, 2.45) is 0 Å². The lowest BCUT2D eigenvalue weighted by molar-refractivity contribution is -0.354. The third kappa shape index (κ3) is 2.94. The second kappa shape index (κ2) is 4.83. The average Bonchev–Trinajstić information content (AvgIpc) is 2.32. The summed E-state index contributed by atoms with van der Waals surface area (Å²) in [5.74, 6) is 0. The van der Waals surface area contributed by atoms with Crippen molar-refractivity contribution >= 4 is 11.9 Å². The summed E-state index contributed by atoms with van der Waals surface area (Å²) < 4.78 is 0.900. The summed E-state index contributed by atoms with van der Waals surface area (Å²) in [6.07, 6.45) is 1.59. The van der Waals surface area contributed by atoms with E-state index in [1.807, 2.05) is 62.4 Å². The van der Waals surface area contributed by atoms with Crippen LogP contribution in [0.25, 0.3) is 0 Å². The van der Waals surface area contributed by atoms with E-state index in [1.54, 1.807) is 6.21 Å². The van der Waals surface area contributed by atoms with Gasteiger partial charge in [-0.2, -0.15) is 4.74 Å². The van der Waals surface area contributed by atoms with Crippen LogP contribution < -0.4 is 0 Å². The van der Waals surface area contributed by atoms with Gasteiger partial charge in [0, 0.05) is 17.7 Å². The van der Waals surface area contributed by atoms with Crippen molar-refractivity contribution in [3.63, 3.8) is 0 Å². The standard InChI is InChI=1S/C15H15NO/c1-12-6-8-14(9-7-12)11-16(17)15-5-3-4-13(2)10-15/h3-11H,1-2H3. The smallest absolute Gasteiger partial charge is 0.216 e. The first-order chi connectivity index (χ1) is 8.15. The van der Waals surface area contributed by atoms with Gasteiger partial charge >= 0.3 is 0 Å². The third-order valence-electron chi connectivity index (χ3n) is 2.60. The maximum atomic E-state index is 11.9. The summed E-state index contributed by atoms with van der Waals surface area (Å²) in [6.45, 7) is 4.00. The van der Waals surface area contributed by atoms with Gasteiger partial charge in [0.15, 0.2) is 6.21 Å². The molecule has 0 amide bonds. The first-order valence-corrected chi connectivity index (χ1v) is 5.60. The average molecular weight is 225 g/mol. The number of aryl methyl sites for hydroxylation is 2. The Balaban J connectivity index is 2.30. The van der Waals surface area contributed by atoms with Gasteiger partial charge in [-0.25, -0.2) is 0 Å². The molecule has 0 atom stereocenters. The SMILES string of the molecule is Cc1ccc(C=[N+]([O-])c2cccc(C)c2)cc1. The van der Waals surface area contributed by atoms with Crippen molar-refractivity contribution in [3.8, 4) is 0 Å². The Morgan fingerprint density at radius 3 is 2.29 bits per heavy atom. The molecule has 17 heavy (non-hydrogen) atoms. The third-order valence-corrected chi connectivity index (χ3v) is 2.60. The highest BCUT2D eigenvalue weighted by atomic mass is 16.5. The Hall–Kier alpha value is -2.09. The van der Waals surface area contributed by atoms with Crippen molar-refractivity contribution in [2.45, 2.75) is 13.8 Å². The van der Waals surface area contributed by atoms with Gasteiger partial charge in [-0.3, -0.25) is 0 Å². The van der Waals surface area contributed by atoms with E-state index in [4.69, 9.17) is 0 Å². The second-order valence-corrected chi connectivity index (χ2v) is 4.20. The molecular formula is C15H15NO. The summed E-state index contributed by atoms with van der Waals surface area (Å²) >= 11 is 0. The highest BCUT2D eigenvalue weighted by Crippen LogP contribution is 2.12. The van der Waals surface area contributed by atoms with Crippen LogP contribution in [0.15, 0.2) is 48.5 Å². The molecule has 2 aromatic rings. The Morgan fingerprint density at radius 1 is 0.941 bits per heavy atom. The largest absolute Gasteiger partial charge is 0.618 e. The van der Waals surface area contributed by atoms with Crippen molar-refractivity contribution in [2.75, 3.05) is 0 Å². The van der Waals surface area contributed by atoms with E-state index in [0.717, 1.165) is 15.9 Å². The molecular weight excluding hydrogens is 210 g/mol. The van der Waals surface area contributed by atoms with E-state index >= 15 is 0 Å². The summed E-state index contributed by atoms with van der Waals surface area (Å²) in [5, 5.41) is 11.9. The van der Waals surface area contributed by atoms with E-state index in [2.05, 4.69) is 0 Å². The first kappa shape index (κ1) is 11.4. The lowest BCUT2D eigenvalue weighted by Gasteiger charge is -2.03. The zero-order chi connectivity index (χ0) is 12.3. The van der Waals surface area contributed by atoms with E-state index in [-0.39, 0.29) is 0 Å². The monoisotopic (exact) mass is 225 g/mol. The van der Waals surface area contributed by atoms with Crippen LogP contribution in [0.2, 0.25) is 0 Å². The van der Waals surface area contributed by atoms with E-state index in [1.165, 1.54) is 5.56 Å². The minimum atomic E-state index is 0.658. The van der Waals surface area contributed by atoms with Crippen LogP contribution in [0.3, 0.4) is 0 Å². The zero-order valence-electron chi connectivity index (χ0n) is 10.1. The quantitative estimate of drug-likeness (QED) is 0.332. The number of benzene rings is 2. The van der Waals surface area contributed by atoms with Gasteiger partial charge in [0.2, 0.25) is 5.69 Å². The Kier molecular flexibility index (Phi) is 3.24. The fourth-order valence-corrected chi connectivity index (χ4v) is 1.63. The van der Waals surface area contributed by atoms with Gasteiger partial charge in [-0.15, -0.1) is 0 Å². The van der Waals surface area contributed by atoms with Crippen molar-refractivity contribution in [3.05, 3.63) is 70.4 Å². The van der Waals surface area contributed by atoms with Crippen LogP contribution in [-0.2, 0) is 0 Å². The van der Waals surface area contributed by atoms with Gasteiger partial charge in [0.05, 0.1) is 0 Å². The Labute approximate surface area is 101 Å². The molecule has 0 bridgehead atoms. The summed E-state index contributed by atoms with van der Waals surface area (Å²) in [7, 11) is 0. The molecule has 2 heteroatoms. The van der Waals surface area contributed by atoms with Gasteiger partial charge in [-0.05, 0) is 31.5 Å². The molecule has 0 radical (unpaired) electrons. The molecule has 0 aromatic heterocycles. The first-order valence-electron chi connectivity index (χ1n) is 5.60. The predicted molar refractivity (Wildman–Crippen MR) is 70.8 cm³/mol. The minimum Gasteiger partial charge on any atom is -0.618 e. The molecule has 0 fully saturated rings. The molecule has 2 nitrogen and oxygen atoms in total. The van der Waals surface area contributed by atoms with Crippen molar-refractivity contribution in [1.29, 1.82) is 0 Å². The molecule has 0 heterocycles. The van der Waals surface area contributed by atoms with Crippen LogP contribution in [0, 0.1) is 19.1 Å². The minimum absolute atomic E-state index is 0.658. The predicted octanol–water partition coefficient (Wildman–Crippen LogP) is 3.56. The lowest BCUT2D eigenvalue weighted by atomic mass is 10.2. The Bertz CT molecular complexity index is 541. The van der Waals surface area contributed by atoms with E-state index in [0.29, 0.717) is 5.69 Å². The fraction of sp³-hybridized carbons (Fsp3) is 0.133. The van der Waals surface area contributed by atoms with E-state index < -0.39 is 0 Å². The van der Waals surface area contributed by atoms with Gasteiger partial charge in [-0.1, -0.05) is 29.8 Å².